The molecule has 2 aromatic rings. The van der Waals surface area contributed by atoms with Crippen LogP contribution in [-0.4, -0.2) is 20.0 Å². The summed E-state index contributed by atoms with van der Waals surface area (Å²) in [6.45, 7) is 7.81. The van der Waals surface area contributed by atoms with Crippen molar-refractivity contribution in [2.24, 2.45) is 0 Å². The molecule has 0 heterocycles. The number of hydrogen-bond donors (Lipinski definition) is 0. The number of carbonyl (C=O) groups excluding carboxylic acids is 1. The van der Waals surface area contributed by atoms with Gasteiger partial charge >= 0.3 is 0 Å². The zero-order valence-electron chi connectivity index (χ0n) is 14.0. The molecule has 3 heteroatoms. The van der Waals surface area contributed by atoms with Crippen LogP contribution in [0.3, 0.4) is 0 Å². The average molecular weight is 298 g/mol. The van der Waals surface area contributed by atoms with Crippen LogP contribution in [0.15, 0.2) is 24.3 Å². The summed E-state index contributed by atoms with van der Waals surface area (Å²) in [5.74, 6) is 1.68. The molecule has 0 unspecified atom stereocenters. The molecule has 0 saturated heterocycles. The van der Waals surface area contributed by atoms with Crippen LogP contribution in [-0.2, 0) is 0 Å². The van der Waals surface area contributed by atoms with E-state index in [0.29, 0.717) is 11.1 Å². The van der Waals surface area contributed by atoms with Crippen molar-refractivity contribution in [3.8, 4) is 11.5 Å². The number of ketones is 1. The first-order chi connectivity index (χ1) is 10.4. The van der Waals surface area contributed by atoms with E-state index in [-0.39, 0.29) is 5.78 Å². The van der Waals surface area contributed by atoms with E-state index in [9.17, 15) is 4.79 Å². The van der Waals surface area contributed by atoms with E-state index in [1.807, 2.05) is 52.0 Å². The molecule has 0 aliphatic heterocycles. The number of benzene rings is 2. The minimum atomic E-state index is 0.0164. The van der Waals surface area contributed by atoms with Gasteiger partial charge in [0.05, 0.1) is 14.2 Å². The van der Waals surface area contributed by atoms with E-state index in [1.165, 1.54) is 0 Å². The van der Waals surface area contributed by atoms with E-state index >= 15 is 0 Å². The second kappa shape index (κ2) is 6.22. The Kier molecular flexibility index (Phi) is 4.55. The van der Waals surface area contributed by atoms with Crippen LogP contribution >= 0.6 is 0 Å². The quantitative estimate of drug-likeness (QED) is 0.795. The number of carbonyl (C=O) groups is 1. The maximum absolute atomic E-state index is 12.8. The Labute approximate surface area is 131 Å². The Balaban J connectivity index is 2.49. The summed E-state index contributed by atoms with van der Waals surface area (Å²) in [7, 11) is 3.29. The van der Waals surface area contributed by atoms with E-state index < -0.39 is 0 Å². The van der Waals surface area contributed by atoms with Crippen molar-refractivity contribution >= 4 is 5.78 Å². The zero-order valence-corrected chi connectivity index (χ0v) is 14.0. The summed E-state index contributed by atoms with van der Waals surface area (Å²) in [6, 6.07) is 7.51. The third-order valence-electron chi connectivity index (χ3n) is 3.85. The highest BCUT2D eigenvalue weighted by Gasteiger charge is 2.15. The zero-order chi connectivity index (χ0) is 16.4. The molecular formula is C19H22O3. The summed E-state index contributed by atoms with van der Waals surface area (Å²) in [5.41, 5.74) is 5.22. The molecule has 0 radical (unpaired) electrons. The number of hydrogen-bond acceptors (Lipinski definition) is 3. The first kappa shape index (κ1) is 16.1. The molecule has 0 spiro atoms. The summed E-state index contributed by atoms with van der Waals surface area (Å²) < 4.78 is 10.7. The molecule has 116 valence electrons. The SMILES string of the molecule is COc1c(C)cc(C(=O)c2cc(C)c(OC)c(C)c2)cc1C. The lowest BCUT2D eigenvalue weighted by atomic mass is 9.96. The molecule has 0 aliphatic rings. The van der Waals surface area contributed by atoms with Crippen molar-refractivity contribution in [1.29, 1.82) is 0 Å². The first-order valence-corrected chi connectivity index (χ1v) is 7.24. The Bertz CT molecular complexity index is 622. The summed E-state index contributed by atoms with van der Waals surface area (Å²) in [6.07, 6.45) is 0. The van der Waals surface area contributed by atoms with E-state index in [4.69, 9.17) is 9.47 Å². The van der Waals surface area contributed by atoms with E-state index in [1.54, 1.807) is 14.2 Å². The third-order valence-corrected chi connectivity index (χ3v) is 3.85. The second-order valence-electron chi connectivity index (χ2n) is 5.62. The Morgan fingerprint density at radius 1 is 0.682 bits per heavy atom. The third kappa shape index (κ3) is 2.84. The van der Waals surface area contributed by atoms with Gasteiger partial charge in [-0.2, -0.15) is 0 Å². The van der Waals surface area contributed by atoms with Gasteiger partial charge in [-0.25, -0.2) is 0 Å². The van der Waals surface area contributed by atoms with Crippen LogP contribution in [0.4, 0.5) is 0 Å². The monoisotopic (exact) mass is 298 g/mol. The van der Waals surface area contributed by atoms with Crippen molar-refractivity contribution in [2.75, 3.05) is 14.2 Å². The Morgan fingerprint density at radius 3 is 1.18 bits per heavy atom. The molecule has 0 bridgehead atoms. The lowest BCUT2D eigenvalue weighted by molar-refractivity contribution is 0.103. The van der Waals surface area contributed by atoms with Crippen molar-refractivity contribution in [1.82, 2.24) is 0 Å². The van der Waals surface area contributed by atoms with E-state index in [0.717, 1.165) is 33.8 Å². The predicted molar refractivity (Wildman–Crippen MR) is 88.4 cm³/mol. The lowest BCUT2D eigenvalue weighted by Crippen LogP contribution is -2.05. The molecule has 0 amide bonds. The molecule has 2 rings (SSSR count). The normalized spacial score (nSPS) is 10.5. The lowest BCUT2D eigenvalue weighted by Gasteiger charge is -2.13. The van der Waals surface area contributed by atoms with Crippen LogP contribution in [0.5, 0.6) is 11.5 Å². The molecule has 0 fully saturated rings. The van der Waals surface area contributed by atoms with E-state index in [2.05, 4.69) is 0 Å². The molecule has 2 aromatic carbocycles. The maximum atomic E-state index is 12.8. The van der Waals surface area contributed by atoms with Gasteiger partial charge in [0.25, 0.3) is 0 Å². The van der Waals surface area contributed by atoms with Gasteiger partial charge in [-0.1, -0.05) is 0 Å². The summed E-state index contributed by atoms with van der Waals surface area (Å²) in [4.78, 5) is 12.8. The summed E-state index contributed by atoms with van der Waals surface area (Å²) >= 11 is 0. The fourth-order valence-corrected chi connectivity index (χ4v) is 2.97. The maximum Gasteiger partial charge on any atom is 0.193 e. The van der Waals surface area contributed by atoms with Crippen molar-refractivity contribution in [3.63, 3.8) is 0 Å². The minimum Gasteiger partial charge on any atom is -0.496 e. The number of ether oxygens (including phenoxy) is 2. The molecule has 22 heavy (non-hydrogen) atoms. The van der Waals surface area contributed by atoms with Gasteiger partial charge in [-0.3, -0.25) is 4.79 Å². The average Bonchev–Trinajstić information content (AvgIpc) is 2.45. The molecule has 0 aromatic heterocycles. The van der Waals surface area contributed by atoms with Gasteiger partial charge in [0.15, 0.2) is 5.78 Å². The van der Waals surface area contributed by atoms with Gasteiger partial charge < -0.3 is 9.47 Å². The largest absolute Gasteiger partial charge is 0.496 e. The van der Waals surface area contributed by atoms with Crippen LogP contribution < -0.4 is 9.47 Å². The van der Waals surface area contributed by atoms with Gasteiger partial charge in [-0.05, 0) is 74.2 Å². The molecule has 0 atom stereocenters. The fraction of sp³-hybridized carbons (Fsp3) is 0.316. The second-order valence-corrected chi connectivity index (χ2v) is 5.62. The van der Waals surface area contributed by atoms with Crippen LogP contribution in [0.2, 0.25) is 0 Å². The molecule has 3 nitrogen and oxygen atoms in total. The minimum absolute atomic E-state index is 0.0164. The topological polar surface area (TPSA) is 35.5 Å². The smallest absolute Gasteiger partial charge is 0.193 e. The van der Waals surface area contributed by atoms with Gasteiger partial charge in [0.1, 0.15) is 11.5 Å². The highest BCUT2D eigenvalue weighted by atomic mass is 16.5. The molecule has 0 N–H and O–H groups in total. The highest BCUT2D eigenvalue weighted by molar-refractivity contribution is 6.09. The molecule has 0 aliphatic carbocycles. The predicted octanol–water partition coefficient (Wildman–Crippen LogP) is 4.17. The number of methoxy groups -OCH3 is 2. The standard InChI is InChI=1S/C19H22O3/c1-11-7-15(8-12(2)18(11)21-5)17(20)16-9-13(3)19(22-6)14(4)10-16/h7-10H,1-6H3. The summed E-state index contributed by atoms with van der Waals surface area (Å²) in [5, 5.41) is 0. The highest BCUT2D eigenvalue weighted by Crippen LogP contribution is 2.28. The fourth-order valence-electron chi connectivity index (χ4n) is 2.97. The van der Waals surface area contributed by atoms with Crippen LogP contribution in [0.25, 0.3) is 0 Å². The van der Waals surface area contributed by atoms with Crippen molar-refractivity contribution in [2.45, 2.75) is 27.7 Å². The van der Waals surface area contributed by atoms with Crippen LogP contribution in [0.1, 0.15) is 38.2 Å². The van der Waals surface area contributed by atoms with Crippen molar-refractivity contribution in [3.05, 3.63) is 57.6 Å². The van der Waals surface area contributed by atoms with Gasteiger partial charge in [0, 0.05) is 11.1 Å². The molecular weight excluding hydrogens is 276 g/mol. The Morgan fingerprint density at radius 2 is 0.955 bits per heavy atom. The number of aryl methyl sites for hydroxylation is 4. The Hall–Kier alpha value is -2.29. The number of rotatable bonds is 4. The first-order valence-electron chi connectivity index (χ1n) is 7.24. The van der Waals surface area contributed by atoms with Crippen molar-refractivity contribution < 1.29 is 14.3 Å². The van der Waals surface area contributed by atoms with Gasteiger partial charge in [-0.15, -0.1) is 0 Å². The van der Waals surface area contributed by atoms with Crippen LogP contribution in [0, 0.1) is 27.7 Å². The van der Waals surface area contributed by atoms with Gasteiger partial charge in [0.2, 0.25) is 0 Å². The molecule has 0 saturated carbocycles.